The molecule has 2 atom stereocenters. The predicted molar refractivity (Wildman–Crippen MR) is 138 cm³/mol. The molecule has 0 spiro atoms. The van der Waals surface area contributed by atoms with Gasteiger partial charge in [-0.1, -0.05) is 59.3 Å². The van der Waals surface area contributed by atoms with E-state index in [0.29, 0.717) is 24.5 Å². The van der Waals surface area contributed by atoms with Crippen LogP contribution in [0, 0.1) is 11.6 Å². The highest BCUT2D eigenvalue weighted by Crippen LogP contribution is 2.48. The van der Waals surface area contributed by atoms with Crippen LogP contribution in [0.15, 0.2) is 77.3 Å². The van der Waals surface area contributed by atoms with E-state index in [1.807, 2.05) is 61.5 Å². The van der Waals surface area contributed by atoms with Gasteiger partial charge >= 0.3 is 0 Å². The molecule has 0 aliphatic heterocycles. The van der Waals surface area contributed by atoms with Crippen molar-refractivity contribution in [3.63, 3.8) is 0 Å². The fraction of sp³-hybridized carbons (Fsp3) is 0.250. The van der Waals surface area contributed by atoms with Crippen LogP contribution in [0.3, 0.4) is 0 Å². The first-order valence-electron chi connectivity index (χ1n) is 11.4. The minimum Gasteiger partial charge on any atom is -0.481 e. The van der Waals surface area contributed by atoms with Crippen LogP contribution in [0.1, 0.15) is 36.0 Å². The normalized spacial score (nSPS) is 14.0. The lowest BCUT2D eigenvalue weighted by Crippen LogP contribution is -2.38. The molecule has 0 radical (unpaired) electrons. The first kappa shape index (κ1) is 25.2. The number of halogens is 3. The van der Waals surface area contributed by atoms with Crippen molar-refractivity contribution in [2.75, 3.05) is 20.2 Å². The zero-order valence-electron chi connectivity index (χ0n) is 19.6. The van der Waals surface area contributed by atoms with E-state index in [1.165, 1.54) is 19.2 Å². The van der Waals surface area contributed by atoms with E-state index in [2.05, 4.69) is 21.2 Å². The molecule has 1 heterocycles. The van der Waals surface area contributed by atoms with Crippen LogP contribution in [0.25, 0.3) is 10.9 Å². The minimum absolute atomic E-state index is 0.0158. The molecule has 35 heavy (non-hydrogen) atoms. The number of methoxy groups -OCH3 is 1. The quantitative estimate of drug-likeness (QED) is 0.244. The Hall–Kier alpha value is -2.87. The number of hydrogen-bond acceptors (Lipinski definition) is 4. The van der Waals surface area contributed by atoms with Crippen LogP contribution in [0.2, 0.25) is 0 Å². The molecule has 0 amide bonds. The van der Waals surface area contributed by atoms with Crippen molar-refractivity contribution in [1.29, 1.82) is 0 Å². The number of fused-ring (bicyclic) bond motifs is 1. The SMILES string of the molecule is CCNCCC(O)(c1ccc(F)cc1F)C(c1ccccc1)c1cc2cc(Br)ccc2nc1OC. The van der Waals surface area contributed by atoms with Gasteiger partial charge in [-0.05, 0) is 55.4 Å². The summed E-state index contributed by atoms with van der Waals surface area (Å²) in [5, 5.41) is 16.5. The number of ether oxygens (including phenoxy) is 1. The summed E-state index contributed by atoms with van der Waals surface area (Å²) in [7, 11) is 1.52. The first-order chi connectivity index (χ1) is 16.9. The Morgan fingerprint density at radius 1 is 1.06 bits per heavy atom. The van der Waals surface area contributed by atoms with Gasteiger partial charge in [0.2, 0.25) is 5.88 Å². The van der Waals surface area contributed by atoms with Crippen LogP contribution in [-0.2, 0) is 5.60 Å². The Morgan fingerprint density at radius 2 is 1.83 bits per heavy atom. The van der Waals surface area contributed by atoms with E-state index < -0.39 is 23.2 Å². The molecule has 3 aromatic carbocycles. The van der Waals surface area contributed by atoms with E-state index >= 15 is 4.39 Å². The van der Waals surface area contributed by atoms with Crippen LogP contribution in [0.5, 0.6) is 5.88 Å². The maximum atomic E-state index is 15.3. The van der Waals surface area contributed by atoms with E-state index in [1.54, 1.807) is 0 Å². The molecule has 7 heteroatoms. The van der Waals surface area contributed by atoms with Gasteiger partial charge in [0.1, 0.15) is 17.2 Å². The Labute approximate surface area is 212 Å². The van der Waals surface area contributed by atoms with Gasteiger partial charge < -0.3 is 15.2 Å². The second-order valence-corrected chi connectivity index (χ2v) is 9.34. The molecular weight excluding hydrogens is 514 g/mol. The standard InChI is InChI=1S/C28H27BrF2N2O2/c1-3-32-14-13-28(34,23-11-10-21(30)17-24(23)31)26(18-7-5-4-6-8-18)22-16-19-15-20(29)9-12-25(19)33-27(22)35-2/h4-12,15-17,26,32,34H,3,13-14H2,1-2H3. The summed E-state index contributed by atoms with van der Waals surface area (Å²) in [5.41, 5.74) is 0.360. The van der Waals surface area contributed by atoms with Crippen molar-refractivity contribution >= 4 is 26.8 Å². The summed E-state index contributed by atoms with van der Waals surface area (Å²) in [6.07, 6.45) is 0.169. The molecule has 4 aromatic rings. The van der Waals surface area contributed by atoms with Crippen LogP contribution < -0.4 is 10.1 Å². The fourth-order valence-electron chi connectivity index (χ4n) is 4.61. The number of hydrogen-bond donors (Lipinski definition) is 2. The van der Waals surface area contributed by atoms with E-state index in [9.17, 15) is 9.50 Å². The number of nitrogens with one attached hydrogen (secondary N) is 1. The summed E-state index contributed by atoms with van der Waals surface area (Å²) >= 11 is 3.51. The highest BCUT2D eigenvalue weighted by atomic mass is 79.9. The molecule has 0 saturated heterocycles. The first-order valence-corrected chi connectivity index (χ1v) is 12.2. The third-order valence-electron chi connectivity index (χ3n) is 6.21. The number of aromatic nitrogens is 1. The number of rotatable bonds is 9. The summed E-state index contributed by atoms with van der Waals surface area (Å²) in [6.45, 7) is 3.06. The summed E-state index contributed by atoms with van der Waals surface area (Å²) in [5.74, 6) is -1.93. The molecule has 0 bridgehead atoms. The predicted octanol–water partition coefficient (Wildman–Crippen LogP) is 6.30. The monoisotopic (exact) mass is 540 g/mol. The van der Waals surface area contributed by atoms with Crippen molar-refractivity contribution in [2.45, 2.75) is 24.9 Å². The lowest BCUT2D eigenvalue weighted by molar-refractivity contribution is 0.00668. The maximum Gasteiger partial charge on any atom is 0.217 e. The van der Waals surface area contributed by atoms with Crippen molar-refractivity contribution in [1.82, 2.24) is 10.3 Å². The summed E-state index contributed by atoms with van der Waals surface area (Å²) < 4.78 is 35.7. The number of benzene rings is 3. The zero-order valence-corrected chi connectivity index (χ0v) is 21.1. The van der Waals surface area contributed by atoms with Gasteiger partial charge in [-0.25, -0.2) is 13.8 Å². The summed E-state index contributed by atoms with van der Waals surface area (Å²) in [4.78, 5) is 4.70. The molecule has 1 aromatic heterocycles. The second kappa shape index (κ2) is 10.8. The van der Waals surface area contributed by atoms with Gasteiger partial charge in [0.05, 0.1) is 12.6 Å². The van der Waals surface area contributed by atoms with E-state index in [-0.39, 0.29) is 12.0 Å². The molecule has 4 rings (SSSR count). The lowest BCUT2D eigenvalue weighted by Gasteiger charge is -2.38. The third kappa shape index (κ3) is 5.22. The number of pyridine rings is 1. The molecule has 0 fully saturated rings. The Balaban J connectivity index is 2.02. The summed E-state index contributed by atoms with van der Waals surface area (Å²) in [6, 6.07) is 20.3. The van der Waals surface area contributed by atoms with Gasteiger partial charge in [-0.3, -0.25) is 0 Å². The van der Waals surface area contributed by atoms with Crippen molar-refractivity contribution in [2.24, 2.45) is 0 Å². The van der Waals surface area contributed by atoms with Gasteiger partial charge in [0, 0.05) is 33.0 Å². The lowest BCUT2D eigenvalue weighted by atomic mass is 9.71. The van der Waals surface area contributed by atoms with Gasteiger partial charge in [-0.15, -0.1) is 0 Å². The average molecular weight is 541 g/mol. The van der Waals surface area contributed by atoms with E-state index in [0.717, 1.165) is 27.0 Å². The molecular formula is C28H27BrF2N2O2. The van der Waals surface area contributed by atoms with Crippen molar-refractivity contribution in [3.8, 4) is 5.88 Å². The molecule has 0 saturated carbocycles. The smallest absolute Gasteiger partial charge is 0.217 e. The highest BCUT2D eigenvalue weighted by Gasteiger charge is 2.43. The fourth-order valence-corrected chi connectivity index (χ4v) is 4.98. The molecule has 0 aliphatic rings. The second-order valence-electron chi connectivity index (χ2n) is 8.42. The van der Waals surface area contributed by atoms with Crippen LogP contribution >= 0.6 is 15.9 Å². The number of nitrogens with zero attached hydrogens (tertiary/aromatic N) is 1. The minimum atomic E-state index is -1.74. The Bertz CT molecular complexity index is 1320. The Morgan fingerprint density at radius 3 is 2.51 bits per heavy atom. The van der Waals surface area contributed by atoms with Gasteiger partial charge in [0.25, 0.3) is 0 Å². The average Bonchev–Trinajstić information content (AvgIpc) is 2.84. The molecule has 2 N–H and O–H groups in total. The molecule has 182 valence electrons. The zero-order chi connectivity index (χ0) is 25.0. The Kier molecular flexibility index (Phi) is 7.79. The van der Waals surface area contributed by atoms with Gasteiger partial charge in [-0.2, -0.15) is 0 Å². The highest BCUT2D eigenvalue weighted by molar-refractivity contribution is 9.10. The largest absolute Gasteiger partial charge is 0.481 e. The molecule has 2 unspecified atom stereocenters. The maximum absolute atomic E-state index is 15.3. The van der Waals surface area contributed by atoms with Crippen LogP contribution in [-0.4, -0.2) is 30.3 Å². The van der Waals surface area contributed by atoms with Crippen LogP contribution in [0.4, 0.5) is 8.78 Å². The topological polar surface area (TPSA) is 54.4 Å². The molecule has 4 nitrogen and oxygen atoms in total. The molecule has 0 aliphatic carbocycles. The van der Waals surface area contributed by atoms with Gasteiger partial charge in [0.15, 0.2) is 0 Å². The number of aliphatic hydroxyl groups is 1. The third-order valence-corrected chi connectivity index (χ3v) is 6.71. The van der Waals surface area contributed by atoms with E-state index in [4.69, 9.17) is 9.72 Å². The van der Waals surface area contributed by atoms with Crippen molar-refractivity contribution in [3.05, 3.63) is 106 Å². The van der Waals surface area contributed by atoms with Crippen molar-refractivity contribution < 1.29 is 18.6 Å².